The van der Waals surface area contributed by atoms with Gasteiger partial charge in [-0.25, -0.2) is 4.79 Å². The predicted molar refractivity (Wildman–Crippen MR) is 68.9 cm³/mol. The third-order valence-electron chi connectivity index (χ3n) is 2.96. The van der Waals surface area contributed by atoms with E-state index in [4.69, 9.17) is 5.11 Å². The molecule has 0 saturated carbocycles. The molecule has 1 aromatic carbocycles. The number of carboxylic acids is 1. The van der Waals surface area contributed by atoms with E-state index in [0.29, 0.717) is 18.5 Å². The first-order chi connectivity index (χ1) is 9.25. The second-order valence-corrected chi connectivity index (χ2v) is 4.16. The Morgan fingerprint density at radius 3 is 2.79 bits per heavy atom. The van der Waals surface area contributed by atoms with Gasteiger partial charge in [0.25, 0.3) is 0 Å². The molecule has 0 aliphatic rings. The fraction of sp³-hybridized carbons (Fsp3) is 0.154. The van der Waals surface area contributed by atoms with Crippen molar-refractivity contribution in [2.24, 2.45) is 0 Å². The molecule has 0 radical (unpaired) electrons. The van der Waals surface area contributed by atoms with Crippen LogP contribution in [0.25, 0.3) is 10.9 Å². The van der Waals surface area contributed by atoms with Gasteiger partial charge in [-0.05, 0) is 12.1 Å². The van der Waals surface area contributed by atoms with E-state index >= 15 is 0 Å². The first-order valence-corrected chi connectivity index (χ1v) is 5.92. The van der Waals surface area contributed by atoms with Crippen LogP contribution in [0.4, 0.5) is 0 Å². The lowest BCUT2D eigenvalue weighted by molar-refractivity contribution is 0.0691. The summed E-state index contributed by atoms with van der Waals surface area (Å²) in [5, 5.41) is 18.1. The Kier molecular flexibility index (Phi) is 2.75. The highest BCUT2D eigenvalue weighted by atomic mass is 16.4. The third-order valence-corrected chi connectivity index (χ3v) is 2.96. The fourth-order valence-corrected chi connectivity index (χ4v) is 2.09. The van der Waals surface area contributed by atoms with Crippen LogP contribution in [0.1, 0.15) is 10.5 Å². The van der Waals surface area contributed by atoms with Crippen molar-refractivity contribution in [3.05, 3.63) is 48.4 Å². The van der Waals surface area contributed by atoms with Gasteiger partial charge in [0.05, 0.1) is 18.6 Å². The minimum absolute atomic E-state index is 0.0936. The summed E-state index contributed by atoms with van der Waals surface area (Å²) in [4.78, 5) is 11.2. The van der Waals surface area contributed by atoms with Gasteiger partial charge in [-0.2, -0.15) is 10.2 Å². The summed E-state index contributed by atoms with van der Waals surface area (Å²) in [5.41, 5.74) is 0.920. The number of hydrogen-bond acceptors (Lipinski definition) is 3. The zero-order valence-electron chi connectivity index (χ0n) is 10.1. The van der Waals surface area contributed by atoms with Crippen LogP contribution in [0.5, 0.6) is 0 Å². The van der Waals surface area contributed by atoms with Crippen molar-refractivity contribution in [2.75, 3.05) is 0 Å². The molecular formula is C13H12N4O2. The van der Waals surface area contributed by atoms with Gasteiger partial charge in [0.2, 0.25) is 0 Å². The fourth-order valence-electron chi connectivity index (χ4n) is 2.09. The number of fused-ring (bicyclic) bond motifs is 1. The molecule has 2 heterocycles. The highest BCUT2D eigenvalue weighted by molar-refractivity contribution is 6.01. The topological polar surface area (TPSA) is 72.9 Å². The maximum absolute atomic E-state index is 11.2. The molecule has 0 fully saturated rings. The molecule has 0 aliphatic heterocycles. The lowest BCUT2D eigenvalue weighted by atomic mass is 10.2. The summed E-state index contributed by atoms with van der Waals surface area (Å²) in [6, 6.07) is 9.19. The highest BCUT2D eigenvalue weighted by Crippen LogP contribution is 2.18. The molecule has 96 valence electrons. The lowest BCUT2D eigenvalue weighted by Gasteiger charge is -2.03. The standard InChI is InChI=1S/C13H12N4O2/c18-13(19)12-10-4-1-2-5-11(10)17(15-12)9-8-16-7-3-6-14-16/h1-7H,8-9H2,(H,18,19). The molecule has 0 saturated heterocycles. The summed E-state index contributed by atoms with van der Waals surface area (Å²) in [6.45, 7) is 1.23. The van der Waals surface area contributed by atoms with Gasteiger partial charge in [0.15, 0.2) is 5.69 Å². The van der Waals surface area contributed by atoms with E-state index < -0.39 is 5.97 Å². The van der Waals surface area contributed by atoms with Gasteiger partial charge in [-0.1, -0.05) is 18.2 Å². The summed E-state index contributed by atoms with van der Waals surface area (Å²) in [6.07, 6.45) is 3.58. The van der Waals surface area contributed by atoms with Crippen LogP contribution in [0.3, 0.4) is 0 Å². The first-order valence-electron chi connectivity index (χ1n) is 5.92. The monoisotopic (exact) mass is 256 g/mol. The number of benzene rings is 1. The Hall–Kier alpha value is -2.63. The maximum atomic E-state index is 11.2. The van der Waals surface area contributed by atoms with Gasteiger partial charge >= 0.3 is 5.97 Å². The third kappa shape index (κ3) is 2.08. The molecule has 2 aromatic heterocycles. The number of hydrogen-bond donors (Lipinski definition) is 1. The van der Waals surface area contributed by atoms with Gasteiger partial charge in [-0.3, -0.25) is 9.36 Å². The SMILES string of the molecule is O=C(O)c1nn(CCn2cccn2)c2ccccc12. The second kappa shape index (κ2) is 4.56. The summed E-state index contributed by atoms with van der Waals surface area (Å²) in [5.74, 6) is -1.01. The van der Waals surface area contributed by atoms with E-state index in [9.17, 15) is 4.79 Å². The van der Waals surface area contributed by atoms with Crippen molar-refractivity contribution in [3.8, 4) is 0 Å². The van der Waals surface area contributed by atoms with Crippen molar-refractivity contribution in [2.45, 2.75) is 13.1 Å². The van der Waals surface area contributed by atoms with E-state index in [2.05, 4.69) is 10.2 Å². The average Bonchev–Trinajstić information content (AvgIpc) is 3.04. The summed E-state index contributed by atoms with van der Waals surface area (Å²) < 4.78 is 3.50. The Bertz CT molecular complexity index is 715. The Morgan fingerprint density at radius 1 is 1.21 bits per heavy atom. The van der Waals surface area contributed by atoms with Gasteiger partial charge < -0.3 is 5.11 Å². The number of para-hydroxylation sites is 1. The highest BCUT2D eigenvalue weighted by Gasteiger charge is 2.15. The maximum Gasteiger partial charge on any atom is 0.357 e. The lowest BCUT2D eigenvalue weighted by Crippen LogP contribution is -2.09. The van der Waals surface area contributed by atoms with Crippen LogP contribution in [0.15, 0.2) is 42.7 Å². The Balaban J connectivity index is 1.97. The van der Waals surface area contributed by atoms with E-state index in [0.717, 1.165) is 5.52 Å². The Morgan fingerprint density at radius 2 is 2.05 bits per heavy atom. The zero-order chi connectivity index (χ0) is 13.2. The quantitative estimate of drug-likeness (QED) is 0.770. The van der Waals surface area contributed by atoms with Crippen LogP contribution in [0.2, 0.25) is 0 Å². The molecule has 6 nitrogen and oxygen atoms in total. The molecule has 19 heavy (non-hydrogen) atoms. The molecule has 1 N–H and O–H groups in total. The molecule has 3 rings (SSSR count). The number of carbonyl (C=O) groups is 1. The molecule has 0 spiro atoms. The van der Waals surface area contributed by atoms with Crippen LogP contribution >= 0.6 is 0 Å². The van der Waals surface area contributed by atoms with E-state index in [1.54, 1.807) is 21.6 Å². The van der Waals surface area contributed by atoms with Gasteiger partial charge in [0.1, 0.15) is 0 Å². The minimum atomic E-state index is -1.01. The van der Waals surface area contributed by atoms with Crippen molar-refractivity contribution in [1.82, 2.24) is 19.6 Å². The first kappa shape index (κ1) is 11.5. The summed E-state index contributed by atoms with van der Waals surface area (Å²) in [7, 11) is 0. The molecule has 0 bridgehead atoms. The van der Waals surface area contributed by atoms with Crippen molar-refractivity contribution in [1.29, 1.82) is 0 Å². The van der Waals surface area contributed by atoms with Crippen molar-refractivity contribution >= 4 is 16.9 Å². The number of carboxylic acid groups (broad SMARTS) is 1. The minimum Gasteiger partial charge on any atom is -0.476 e. The number of aryl methyl sites for hydroxylation is 2. The second-order valence-electron chi connectivity index (χ2n) is 4.16. The van der Waals surface area contributed by atoms with Crippen LogP contribution < -0.4 is 0 Å². The number of nitrogens with zero attached hydrogens (tertiary/aromatic N) is 4. The number of rotatable bonds is 4. The van der Waals surface area contributed by atoms with E-state index in [-0.39, 0.29) is 5.69 Å². The predicted octanol–water partition coefficient (Wildman–Crippen LogP) is 1.63. The largest absolute Gasteiger partial charge is 0.476 e. The van der Waals surface area contributed by atoms with E-state index in [1.165, 1.54) is 0 Å². The van der Waals surface area contributed by atoms with Crippen LogP contribution in [-0.2, 0) is 13.1 Å². The molecule has 0 unspecified atom stereocenters. The normalized spacial score (nSPS) is 10.9. The summed E-state index contributed by atoms with van der Waals surface area (Å²) >= 11 is 0. The van der Waals surface area contributed by atoms with Crippen molar-refractivity contribution in [3.63, 3.8) is 0 Å². The van der Waals surface area contributed by atoms with Crippen LogP contribution in [-0.4, -0.2) is 30.6 Å². The average molecular weight is 256 g/mol. The molecular weight excluding hydrogens is 244 g/mol. The molecule has 3 aromatic rings. The van der Waals surface area contributed by atoms with Gasteiger partial charge in [-0.15, -0.1) is 0 Å². The molecule has 0 amide bonds. The number of aromatic nitrogens is 4. The molecule has 0 aliphatic carbocycles. The Labute approximate surface area is 108 Å². The van der Waals surface area contributed by atoms with Gasteiger partial charge in [0, 0.05) is 17.8 Å². The zero-order valence-corrected chi connectivity index (χ0v) is 10.1. The van der Waals surface area contributed by atoms with E-state index in [1.807, 2.05) is 30.5 Å². The molecule has 6 heteroatoms. The smallest absolute Gasteiger partial charge is 0.357 e. The number of aromatic carboxylic acids is 1. The van der Waals surface area contributed by atoms with Crippen LogP contribution in [0, 0.1) is 0 Å². The molecule has 0 atom stereocenters. The van der Waals surface area contributed by atoms with Crippen molar-refractivity contribution < 1.29 is 9.90 Å².